The van der Waals surface area contributed by atoms with Crippen LogP contribution in [0.5, 0.6) is 0 Å². The Morgan fingerprint density at radius 2 is 1.08 bits per heavy atom. The van der Waals surface area contributed by atoms with Crippen LogP contribution in [0.25, 0.3) is 0 Å². The van der Waals surface area contributed by atoms with E-state index in [0.29, 0.717) is 6.42 Å². The van der Waals surface area contributed by atoms with Gasteiger partial charge in [0.05, 0.1) is 0 Å². The van der Waals surface area contributed by atoms with Gasteiger partial charge in [-0.05, 0) is 20.5 Å². The minimum atomic E-state index is 0.219. The minimum Gasteiger partial charge on any atom is -0.355 e. The lowest BCUT2D eigenvalue weighted by Crippen LogP contribution is -2.31. The fourth-order valence-electron chi connectivity index (χ4n) is 3.16. The SMILES string of the molecule is CCCCCCCCCCCCCCCCCC(=O)NCCN(C)C. The average molecular weight is 355 g/mol. The van der Waals surface area contributed by atoms with E-state index in [1.54, 1.807) is 0 Å². The summed E-state index contributed by atoms with van der Waals surface area (Å²) in [6.07, 6.45) is 21.2. The van der Waals surface area contributed by atoms with Crippen LogP contribution in [0.4, 0.5) is 0 Å². The molecule has 0 spiro atoms. The van der Waals surface area contributed by atoms with Crippen LogP contribution in [0.3, 0.4) is 0 Å². The molecule has 0 rings (SSSR count). The maximum Gasteiger partial charge on any atom is 0.220 e. The van der Waals surface area contributed by atoms with E-state index in [4.69, 9.17) is 0 Å². The first-order valence-corrected chi connectivity index (χ1v) is 11.1. The van der Waals surface area contributed by atoms with Crippen LogP contribution < -0.4 is 5.32 Å². The molecule has 0 aliphatic heterocycles. The third-order valence-corrected chi connectivity index (χ3v) is 4.89. The fraction of sp³-hybridized carbons (Fsp3) is 0.955. The number of unbranched alkanes of at least 4 members (excludes halogenated alkanes) is 14. The zero-order valence-corrected chi connectivity index (χ0v) is 17.6. The van der Waals surface area contributed by atoms with E-state index in [0.717, 1.165) is 19.5 Å². The number of rotatable bonds is 19. The summed E-state index contributed by atoms with van der Waals surface area (Å²) in [6.45, 7) is 3.97. The van der Waals surface area contributed by atoms with Crippen molar-refractivity contribution in [2.45, 2.75) is 110 Å². The molecule has 25 heavy (non-hydrogen) atoms. The van der Waals surface area contributed by atoms with Crippen molar-refractivity contribution in [1.82, 2.24) is 10.2 Å². The van der Waals surface area contributed by atoms with E-state index in [1.165, 1.54) is 89.9 Å². The van der Waals surface area contributed by atoms with Crippen LogP contribution in [0.2, 0.25) is 0 Å². The van der Waals surface area contributed by atoms with Gasteiger partial charge in [0, 0.05) is 19.5 Å². The normalized spacial score (nSPS) is 11.2. The maximum atomic E-state index is 11.6. The lowest BCUT2D eigenvalue weighted by atomic mass is 10.0. The van der Waals surface area contributed by atoms with E-state index < -0.39 is 0 Å². The summed E-state index contributed by atoms with van der Waals surface area (Å²) < 4.78 is 0. The molecule has 3 nitrogen and oxygen atoms in total. The monoisotopic (exact) mass is 354 g/mol. The molecule has 1 N–H and O–H groups in total. The van der Waals surface area contributed by atoms with Gasteiger partial charge in [0.1, 0.15) is 0 Å². The van der Waals surface area contributed by atoms with Gasteiger partial charge in [0.25, 0.3) is 0 Å². The summed E-state index contributed by atoms with van der Waals surface area (Å²) in [5.41, 5.74) is 0. The first-order chi connectivity index (χ1) is 12.2. The van der Waals surface area contributed by atoms with Gasteiger partial charge in [-0.3, -0.25) is 4.79 Å². The van der Waals surface area contributed by atoms with E-state index in [1.807, 2.05) is 14.1 Å². The smallest absolute Gasteiger partial charge is 0.220 e. The molecule has 0 aromatic heterocycles. The first kappa shape index (κ1) is 24.4. The predicted molar refractivity (Wildman–Crippen MR) is 111 cm³/mol. The number of carbonyl (C=O) groups is 1. The zero-order chi connectivity index (χ0) is 18.6. The Morgan fingerprint density at radius 1 is 0.680 bits per heavy atom. The molecule has 0 aliphatic rings. The van der Waals surface area contributed by atoms with Crippen molar-refractivity contribution in [3.05, 3.63) is 0 Å². The molecule has 0 bridgehead atoms. The number of nitrogens with zero attached hydrogens (tertiary/aromatic N) is 1. The molecule has 0 aromatic rings. The average Bonchev–Trinajstić information content (AvgIpc) is 2.58. The molecular formula is C22H46N2O. The van der Waals surface area contributed by atoms with Gasteiger partial charge in [-0.1, -0.05) is 96.8 Å². The molecule has 1 amide bonds. The van der Waals surface area contributed by atoms with Crippen LogP contribution in [-0.4, -0.2) is 38.0 Å². The second-order valence-corrected chi connectivity index (χ2v) is 7.85. The Bertz CT molecular complexity index is 279. The van der Waals surface area contributed by atoms with Crippen LogP contribution >= 0.6 is 0 Å². The van der Waals surface area contributed by atoms with Gasteiger partial charge in [-0.2, -0.15) is 0 Å². The van der Waals surface area contributed by atoms with Crippen LogP contribution in [0.1, 0.15) is 110 Å². The Morgan fingerprint density at radius 3 is 1.48 bits per heavy atom. The molecule has 0 heterocycles. The maximum absolute atomic E-state index is 11.6. The van der Waals surface area contributed by atoms with E-state index in [9.17, 15) is 4.79 Å². The quantitative estimate of drug-likeness (QED) is 0.292. The van der Waals surface area contributed by atoms with Crippen LogP contribution in [0.15, 0.2) is 0 Å². The van der Waals surface area contributed by atoms with Crippen LogP contribution in [-0.2, 0) is 4.79 Å². The van der Waals surface area contributed by atoms with Gasteiger partial charge in [-0.15, -0.1) is 0 Å². The highest BCUT2D eigenvalue weighted by molar-refractivity contribution is 5.75. The largest absolute Gasteiger partial charge is 0.355 e. The Kier molecular flexibility index (Phi) is 19.3. The summed E-state index contributed by atoms with van der Waals surface area (Å²) >= 11 is 0. The number of hydrogen-bond donors (Lipinski definition) is 1. The number of amides is 1. The lowest BCUT2D eigenvalue weighted by molar-refractivity contribution is -0.121. The molecule has 0 aliphatic carbocycles. The molecular weight excluding hydrogens is 308 g/mol. The molecule has 0 saturated heterocycles. The van der Waals surface area contributed by atoms with E-state index in [2.05, 4.69) is 17.1 Å². The third-order valence-electron chi connectivity index (χ3n) is 4.89. The molecule has 0 fully saturated rings. The van der Waals surface area contributed by atoms with Gasteiger partial charge in [0.2, 0.25) is 5.91 Å². The van der Waals surface area contributed by atoms with Crippen molar-refractivity contribution in [2.24, 2.45) is 0 Å². The molecule has 0 radical (unpaired) electrons. The number of carbonyl (C=O) groups excluding carboxylic acids is 1. The molecule has 150 valence electrons. The molecule has 3 heteroatoms. The number of nitrogens with one attached hydrogen (secondary N) is 1. The molecule has 0 unspecified atom stereocenters. The minimum absolute atomic E-state index is 0.219. The lowest BCUT2D eigenvalue weighted by Gasteiger charge is -2.10. The van der Waals surface area contributed by atoms with Crippen molar-refractivity contribution in [1.29, 1.82) is 0 Å². The fourth-order valence-corrected chi connectivity index (χ4v) is 3.16. The van der Waals surface area contributed by atoms with Gasteiger partial charge in [-0.25, -0.2) is 0 Å². The topological polar surface area (TPSA) is 32.3 Å². The van der Waals surface area contributed by atoms with Gasteiger partial charge in [0.15, 0.2) is 0 Å². The Balaban J connectivity index is 3.10. The van der Waals surface area contributed by atoms with Crippen molar-refractivity contribution in [3.8, 4) is 0 Å². The second kappa shape index (κ2) is 19.8. The van der Waals surface area contributed by atoms with Gasteiger partial charge >= 0.3 is 0 Å². The molecule has 0 aromatic carbocycles. The highest BCUT2D eigenvalue weighted by Gasteiger charge is 2.00. The Labute approximate surface area is 158 Å². The van der Waals surface area contributed by atoms with Crippen molar-refractivity contribution in [3.63, 3.8) is 0 Å². The summed E-state index contributed by atoms with van der Waals surface area (Å²) in [5, 5.41) is 2.98. The first-order valence-electron chi connectivity index (χ1n) is 11.1. The molecule has 0 saturated carbocycles. The second-order valence-electron chi connectivity index (χ2n) is 7.85. The summed E-state index contributed by atoms with van der Waals surface area (Å²) in [7, 11) is 4.06. The highest BCUT2D eigenvalue weighted by Crippen LogP contribution is 2.13. The molecule has 0 atom stereocenters. The third kappa shape index (κ3) is 21.4. The van der Waals surface area contributed by atoms with Crippen molar-refractivity contribution in [2.75, 3.05) is 27.2 Å². The Hall–Kier alpha value is -0.570. The predicted octanol–water partition coefficient (Wildman–Crippen LogP) is 5.93. The summed E-state index contributed by atoms with van der Waals surface area (Å²) in [5.74, 6) is 0.219. The summed E-state index contributed by atoms with van der Waals surface area (Å²) in [4.78, 5) is 13.7. The summed E-state index contributed by atoms with van der Waals surface area (Å²) in [6, 6.07) is 0. The van der Waals surface area contributed by atoms with Crippen LogP contribution in [0, 0.1) is 0 Å². The highest BCUT2D eigenvalue weighted by atomic mass is 16.1. The van der Waals surface area contributed by atoms with Crippen molar-refractivity contribution < 1.29 is 4.79 Å². The zero-order valence-electron chi connectivity index (χ0n) is 17.6. The van der Waals surface area contributed by atoms with E-state index in [-0.39, 0.29) is 5.91 Å². The van der Waals surface area contributed by atoms with Crippen molar-refractivity contribution >= 4 is 5.91 Å². The standard InChI is InChI=1S/C22H46N2O/c1-4-5-6-7-8-9-10-11-12-13-14-15-16-17-18-19-22(25)23-20-21-24(2)3/h4-21H2,1-3H3,(H,23,25). The number of likely N-dealkylation sites (N-methyl/N-ethyl adjacent to an activating group) is 1. The van der Waals surface area contributed by atoms with Gasteiger partial charge < -0.3 is 10.2 Å². The van der Waals surface area contributed by atoms with E-state index >= 15 is 0 Å². The number of hydrogen-bond acceptors (Lipinski definition) is 2.